The van der Waals surface area contributed by atoms with Crippen molar-refractivity contribution in [2.24, 2.45) is 0 Å². The number of anilines is 1. The first-order valence-corrected chi connectivity index (χ1v) is 15.6. The molecule has 1 saturated heterocycles. The summed E-state index contributed by atoms with van der Waals surface area (Å²) in [6, 6.07) is 24.7. The lowest BCUT2D eigenvalue weighted by molar-refractivity contribution is -0.123. The normalized spacial score (nSPS) is 18.5. The van der Waals surface area contributed by atoms with Gasteiger partial charge in [0.15, 0.2) is 0 Å². The second-order valence-corrected chi connectivity index (χ2v) is 12.2. The van der Waals surface area contributed by atoms with Crippen molar-refractivity contribution in [3.8, 4) is 16.9 Å². The Morgan fingerprint density at radius 3 is 2.62 bits per heavy atom. The number of carbonyl (C=O) groups is 2. The molecule has 0 unspecified atom stereocenters. The highest BCUT2D eigenvalue weighted by atomic mass is 32.2. The van der Waals surface area contributed by atoms with Crippen molar-refractivity contribution in [2.45, 2.75) is 45.0 Å². The van der Waals surface area contributed by atoms with Crippen molar-refractivity contribution < 1.29 is 14.3 Å². The Balaban J connectivity index is 1.55. The summed E-state index contributed by atoms with van der Waals surface area (Å²) in [5.74, 6) is 0.567. The van der Waals surface area contributed by atoms with Gasteiger partial charge in [0.05, 0.1) is 28.5 Å². The van der Waals surface area contributed by atoms with E-state index >= 15 is 0 Å². The van der Waals surface area contributed by atoms with Gasteiger partial charge in [-0.1, -0.05) is 72.3 Å². The number of fused-ring (bicyclic) bond motifs is 1. The van der Waals surface area contributed by atoms with E-state index in [1.807, 2.05) is 35.0 Å². The number of benzene rings is 3. The van der Waals surface area contributed by atoms with E-state index in [-0.39, 0.29) is 35.5 Å². The molecule has 0 spiro atoms. The van der Waals surface area contributed by atoms with E-state index < -0.39 is 0 Å². The Labute approximate surface area is 251 Å². The van der Waals surface area contributed by atoms with Crippen LogP contribution in [0.5, 0.6) is 0 Å². The van der Waals surface area contributed by atoms with E-state index in [4.69, 9.17) is 9.84 Å². The maximum absolute atomic E-state index is 14.0. The Morgan fingerprint density at radius 2 is 1.86 bits per heavy atom. The van der Waals surface area contributed by atoms with Crippen LogP contribution in [0.1, 0.15) is 45.9 Å². The third-order valence-electron chi connectivity index (χ3n) is 8.14. The molecule has 216 valence electrons. The fraction of sp³-hybridized carbons (Fsp3) is 0.324. The molecule has 2 aliphatic rings. The molecule has 3 heterocycles. The average molecular weight is 581 g/mol. The molecule has 6 rings (SSSR count). The minimum Gasteiger partial charge on any atom is -0.376 e. The molecule has 2 atom stereocenters. The first-order valence-electron chi connectivity index (χ1n) is 14.5. The number of nitrogens with one attached hydrogen (secondary N) is 1. The predicted molar refractivity (Wildman–Crippen MR) is 168 cm³/mol. The Morgan fingerprint density at radius 1 is 1.05 bits per heavy atom. The van der Waals surface area contributed by atoms with Gasteiger partial charge in [0.25, 0.3) is 0 Å². The van der Waals surface area contributed by atoms with E-state index in [0.717, 1.165) is 64.2 Å². The van der Waals surface area contributed by atoms with Crippen molar-refractivity contribution in [1.29, 1.82) is 0 Å². The maximum atomic E-state index is 14.0. The van der Waals surface area contributed by atoms with Crippen molar-refractivity contribution in [3.63, 3.8) is 0 Å². The number of aryl methyl sites for hydroxylation is 2. The molecular formula is C34H36N4O3S. The van der Waals surface area contributed by atoms with Gasteiger partial charge < -0.3 is 10.1 Å². The number of carbonyl (C=O) groups excluding carboxylic acids is 2. The largest absolute Gasteiger partial charge is 0.376 e. The number of aromatic nitrogens is 2. The minimum absolute atomic E-state index is 0.0238. The van der Waals surface area contributed by atoms with Gasteiger partial charge in [0.1, 0.15) is 12.4 Å². The maximum Gasteiger partial charge on any atom is 0.240 e. The molecule has 4 aromatic rings. The lowest BCUT2D eigenvalue weighted by Crippen LogP contribution is -2.44. The molecule has 1 N–H and O–H groups in total. The zero-order chi connectivity index (χ0) is 29.2. The topological polar surface area (TPSA) is 76.5 Å². The number of hydrogen-bond acceptors (Lipinski definition) is 5. The SMILES string of the molecule is Cc1cccc([C@H]2SCC(=O)N(CC(=O)NC[C@H]3CCCO3)c3c2c(-c2ccccc2)nn3-c2cccc(C)c2C)c1. The highest BCUT2D eigenvalue weighted by Gasteiger charge is 2.38. The minimum atomic E-state index is -0.209. The molecule has 0 radical (unpaired) electrons. The molecule has 2 aliphatic heterocycles. The summed E-state index contributed by atoms with van der Waals surface area (Å²) in [6.07, 6.45) is 1.96. The first-order chi connectivity index (χ1) is 20.4. The van der Waals surface area contributed by atoms with Gasteiger partial charge in [-0.3, -0.25) is 14.5 Å². The number of rotatable bonds is 7. The fourth-order valence-corrected chi connectivity index (χ4v) is 6.98. The van der Waals surface area contributed by atoms with Crippen molar-refractivity contribution in [1.82, 2.24) is 15.1 Å². The summed E-state index contributed by atoms with van der Waals surface area (Å²) < 4.78 is 7.59. The standard InChI is InChI=1S/C34H36N4O3S/c1-22-10-7-14-26(18-22)33-31-32(25-12-5-4-6-13-25)36-38(28-16-8-11-23(2)24(28)3)34(31)37(30(40)21-42-33)20-29(39)35-19-27-15-9-17-41-27/h4-8,10-14,16,18,27,33H,9,15,17,19-21H2,1-3H3,(H,35,39)/t27-,33-/m1/s1. The summed E-state index contributed by atoms with van der Waals surface area (Å²) in [5.41, 5.74) is 8.06. The van der Waals surface area contributed by atoms with E-state index in [1.54, 1.807) is 16.7 Å². The Kier molecular flexibility index (Phi) is 8.18. The van der Waals surface area contributed by atoms with E-state index in [1.165, 1.54) is 0 Å². The summed E-state index contributed by atoms with van der Waals surface area (Å²) in [7, 11) is 0. The van der Waals surface area contributed by atoms with E-state index in [9.17, 15) is 9.59 Å². The molecule has 0 aliphatic carbocycles. The van der Waals surface area contributed by atoms with Crippen LogP contribution < -0.4 is 10.2 Å². The molecule has 42 heavy (non-hydrogen) atoms. The van der Waals surface area contributed by atoms with Crippen LogP contribution in [0.25, 0.3) is 16.9 Å². The van der Waals surface area contributed by atoms with Crippen molar-refractivity contribution in [3.05, 3.63) is 101 Å². The molecule has 0 saturated carbocycles. The zero-order valence-corrected chi connectivity index (χ0v) is 25.1. The van der Waals surface area contributed by atoms with Crippen LogP contribution in [0.15, 0.2) is 72.8 Å². The van der Waals surface area contributed by atoms with Crippen LogP contribution >= 0.6 is 11.8 Å². The molecule has 7 nitrogen and oxygen atoms in total. The smallest absolute Gasteiger partial charge is 0.240 e. The van der Waals surface area contributed by atoms with Gasteiger partial charge in [-0.05, 0) is 56.4 Å². The van der Waals surface area contributed by atoms with Crippen LogP contribution in [0, 0.1) is 20.8 Å². The lowest BCUT2D eigenvalue weighted by Gasteiger charge is -2.24. The fourth-order valence-electron chi connectivity index (χ4n) is 5.79. The second kappa shape index (κ2) is 12.2. The number of ether oxygens (including phenoxy) is 1. The highest BCUT2D eigenvalue weighted by molar-refractivity contribution is 8.00. The summed E-state index contributed by atoms with van der Waals surface area (Å²) in [6.45, 7) is 7.31. The third kappa shape index (κ3) is 5.61. The molecule has 1 aromatic heterocycles. The second-order valence-electron chi connectivity index (χ2n) is 11.1. The molecule has 0 bridgehead atoms. The monoisotopic (exact) mass is 580 g/mol. The predicted octanol–water partition coefficient (Wildman–Crippen LogP) is 5.93. The lowest BCUT2D eigenvalue weighted by atomic mass is 9.98. The molecular weight excluding hydrogens is 544 g/mol. The van der Waals surface area contributed by atoms with Gasteiger partial charge >= 0.3 is 0 Å². The molecule has 3 aromatic carbocycles. The van der Waals surface area contributed by atoms with Crippen molar-refractivity contribution in [2.75, 3.05) is 30.3 Å². The van der Waals surface area contributed by atoms with E-state index in [0.29, 0.717) is 12.4 Å². The van der Waals surface area contributed by atoms with Crippen molar-refractivity contribution >= 4 is 29.4 Å². The van der Waals surface area contributed by atoms with Gasteiger partial charge in [-0.25, -0.2) is 4.68 Å². The van der Waals surface area contributed by atoms with Crippen LogP contribution in [-0.4, -0.2) is 53.1 Å². The van der Waals surface area contributed by atoms with E-state index in [2.05, 4.69) is 68.6 Å². The quantitative estimate of drug-likeness (QED) is 0.293. The highest BCUT2D eigenvalue weighted by Crippen LogP contribution is 2.48. The Bertz CT molecular complexity index is 1610. The number of amides is 2. The number of hydrogen-bond donors (Lipinski definition) is 1. The first kappa shape index (κ1) is 28.2. The summed E-state index contributed by atoms with van der Waals surface area (Å²) in [5, 5.41) is 8.10. The number of nitrogens with zero attached hydrogens (tertiary/aromatic N) is 3. The van der Waals surface area contributed by atoms with Gasteiger partial charge in [-0.15, -0.1) is 11.8 Å². The summed E-state index contributed by atoms with van der Waals surface area (Å²) >= 11 is 1.59. The number of thioether (sulfide) groups is 1. The van der Waals surface area contributed by atoms with Gasteiger partial charge in [0, 0.05) is 24.3 Å². The average Bonchev–Trinajstić information content (AvgIpc) is 3.63. The molecule has 1 fully saturated rings. The summed E-state index contributed by atoms with van der Waals surface area (Å²) in [4.78, 5) is 29.0. The molecule has 8 heteroatoms. The molecule has 2 amide bonds. The van der Waals surface area contributed by atoms with Crippen LogP contribution in [0.2, 0.25) is 0 Å². The third-order valence-corrected chi connectivity index (χ3v) is 9.39. The van der Waals surface area contributed by atoms with Crippen LogP contribution in [-0.2, 0) is 14.3 Å². The Hall–Kier alpha value is -3.88. The van der Waals surface area contributed by atoms with Crippen LogP contribution in [0.4, 0.5) is 5.82 Å². The van der Waals surface area contributed by atoms with Gasteiger partial charge in [0.2, 0.25) is 11.8 Å². The van der Waals surface area contributed by atoms with Gasteiger partial charge in [-0.2, -0.15) is 5.10 Å². The van der Waals surface area contributed by atoms with Crippen LogP contribution in [0.3, 0.4) is 0 Å². The zero-order valence-electron chi connectivity index (χ0n) is 24.3.